The van der Waals surface area contributed by atoms with Gasteiger partial charge in [0.1, 0.15) is 0 Å². The average Bonchev–Trinajstić information content (AvgIpc) is 1.99. The Hall–Kier alpha value is -0.130. The van der Waals surface area contributed by atoms with Crippen LogP contribution in [0.4, 0.5) is 0 Å². The Morgan fingerprint density at radius 3 is 2.85 bits per heavy atom. The van der Waals surface area contributed by atoms with Crippen LogP contribution in [0.2, 0.25) is 0 Å². The molecule has 1 aliphatic rings. The van der Waals surface area contributed by atoms with Gasteiger partial charge in [-0.05, 0) is 19.8 Å². The lowest BCUT2D eigenvalue weighted by atomic mass is 10.2. The van der Waals surface area contributed by atoms with Crippen molar-refractivity contribution in [1.29, 1.82) is 0 Å². The third-order valence-electron chi connectivity index (χ3n) is 2.02. The van der Waals surface area contributed by atoms with Crippen molar-refractivity contribution < 1.29 is 13.2 Å². The van der Waals surface area contributed by atoms with Crippen LogP contribution in [-0.4, -0.2) is 38.7 Å². The van der Waals surface area contributed by atoms with Crippen LogP contribution in [0.3, 0.4) is 0 Å². The first-order valence-electron chi connectivity index (χ1n) is 4.57. The van der Waals surface area contributed by atoms with Crippen molar-refractivity contribution >= 4 is 9.84 Å². The Morgan fingerprint density at radius 2 is 2.31 bits per heavy atom. The molecule has 0 bridgehead atoms. The molecule has 1 aliphatic heterocycles. The molecular weight excluding hydrogens is 190 g/mol. The third kappa shape index (κ3) is 4.06. The van der Waals surface area contributed by atoms with Gasteiger partial charge < -0.3 is 10.5 Å². The average molecular weight is 207 g/mol. The second-order valence-corrected chi connectivity index (χ2v) is 5.92. The molecule has 1 fully saturated rings. The van der Waals surface area contributed by atoms with E-state index in [0.29, 0.717) is 18.8 Å². The Morgan fingerprint density at radius 1 is 1.62 bits per heavy atom. The normalized spacial score (nSPS) is 29.8. The zero-order valence-corrected chi connectivity index (χ0v) is 8.72. The van der Waals surface area contributed by atoms with Crippen LogP contribution in [-0.2, 0) is 14.6 Å². The van der Waals surface area contributed by atoms with E-state index in [1.807, 2.05) is 6.92 Å². The summed E-state index contributed by atoms with van der Waals surface area (Å²) in [5, 5.41) is 0. The standard InChI is InChI=1S/C8H17NO3S/c1-7(9)5-12-8-3-2-4-13(10,11)6-8/h7-8H,2-6,9H2,1H3. The largest absolute Gasteiger partial charge is 0.376 e. The molecule has 2 N–H and O–H groups in total. The van der Waals surface area contributed by atoms with E-state index in [0.717, 1.165) is 6.42 Å². The number of sulfone groups is 1. The van der Waals surface area contributed by atoms with E-state index in [-0.39, 0.29) is 17.9 Å². The molecule has 0 aromatic heterocycles. The van der Waals surface area contributed by atoms with Crippen LogP contribution >= 0.6 is 0 Å². The Labute approximate surface area is 79.4 Å². The smallest absolute Gasteiger partial charge is 0.152 e. The minimum absolute atomic E-state index is 0.0235. The maximum atomic E-state index is 11.2. The zero-order valence-electron chi connectivity index (χ0n) is 7.90. The Bertz CT molecular complexity index is 248. The molecule has 0 amide bonds. The number of hydrogen-bond donors (Lipinski definition) is 1. The summed E-state index contributed by atoms with van der Waals surface area (Å²) in [7, 11) is -2.85. The van der Waals surface area contributed by atoms with Gasteiger partial charge >= 0.3 is 0 Å². The lowest BCUT2D eigenvalue weighted by Crippen LogP contribution is -2.34. The maximum absolute atomic E-state index is 11.2. The minimum atomic E-state index is -2.85. The second-order valence-electron chi connectivity index (χ2n) is 3.69. The van der Waals surface area contributed by atoms with Crippen molar-refractivity contribution in [2.75, 3.05) is 18.1 Å². The van der Waals surface area contributed by atoms with Crippen LogP contribution in [0.1, 0.15) is 19.8 Å². The molecule has 1 rings (SSSR count). The molecule has 1 saturated heterocycles. The first-order valence-corrected chi connectivity index (χ1v) is 6.39. The monoisotopic (exact) mass is 207 g/mol. The van der Waals surface area contributed by atoms with Gasteiger partial charge in [-0.25, -0.2) is 8.42 Å². The Balaban J connectivity index is 2.35. The van der Waals surface area contributed by atoms with Crippen molar-refractivity contribution in [1.82, 2.24) is 0 Å². The highest BCUT2D eigenvalue weighted by Crippen LogP contribution is 2.14. The van der Waals surface area contributed by atoms with Crippen LogP contribution in [0, 0.1) is 0 Å². The van der Waals surface area contributed by atoms with Crippen molar-refractivity contribution in [3.63, 3.8) is 0 Å². The van der Waals surface area contributed by atoms with E-state index in [9.17, 15) is 8.42 Å². The molecule has 2 atom stereocenters. The molecule has 5 heteroatoms. The lowest BCUT2D eigenvalue weighted by Gasteiger charge is -2.22. The summed E-state index contributed by atoms with van der Waals surface area (Å²) in [6, 6.07) is -0.0235. The number of nitrogens with two attached hydrogens (primary N) is 1. The van der Waals surface area contributed by atoms with Crippen molar-refractivity contribution in [2.24, 2.45) is 5.73 Å². The van der Waals surface area contributed by atoms with Gasteiger partial charge in [0, 0.05) is 6.04 Å². The van der Waals surface area contributed by atoms with Gasteiger partial charge in [0.15, 0.2) is 9.84 Å². The van der Waals surface area contributed by atoms with Crippen molar-refractivity contribution in [3.8, 4) is 0 Å². The summed E-state index contributed by atoms with van der Waals surface area (Å²) in [5.74, 6) is 0.477. The number of rotatable bonds is 3. The summed E-state index contributed by atoms with van der Waals surface area (Å²) < 4.78 is 27.8. The molecule has 4 nitrogen and oxygen atoms in total. The fourth-order valence-corrected chi connectivity index (χ4v) is 3.00. The van der Waals surface area contributed by atoms with Gasteiger partial charge in [-0.3, -0.25) is 0 Å². The lowest BCUT2D eigenvalue weighted by molar-refractivity contribution is 0.0528. The van der Waals surface area contributed by atoms with Gasteiger partial charge in [-0.15, -0.1) is 0 Å². The van der Waals surface area contributed by atoms with Crippen molar-refractivity contribution in [3.05, 3.63) is 0 Å². The second kappa shape index (κ2) is 4.39. The van der Waals surface area contributed by atoms with Crippen molar-refractivity contribution in [2.45, 2.75) is 31.9 Å². The van der Waals surface area contributed by atoms with Gasteiger partial charge in [0.2, 0.25) is 0 Å². The summed E-state index contributed by atoms with van der Waals surface area (Å²) >= 11 is 0. The molecule has 78 valence electrons. The predicted octanol–water partition coefficient (Wildman–Crippen LogP) is -0.0726. The molecule has 0 aliphatic carbocycles. The number of ether oxygens (including phenoxy) is 1. The summed E-state index contributed by atoms with van der Waals surface area (Å²) in [4.78, 5) is 0. The molecule has 13 heavy (non-hydrogen) atoms. The Kier molecular flexibility index (Phi) is 3.70. The molecule has 0 aromatic rings. The van der Waals surface area contributed by atoms with Gasteiger partial charge in [0.25, 0.3) is 0 Å². The quantitative estimate of drug-likeness (QED) is 0.703. The highest BCUT2D eigenvalue weighted by Gasteiger charge is 2.25. The highest BCUT2D eigenvalue weighted by atomic mass is 32.2. The fourth-order valence-electron chi connectivity index (χ4n) is 1.40. The van der Waals surface area contributed by atoms with Gasteiger partial charge in [0.05, 0.1) is 24.2 Å². The van der Waals surface area contributed by atoms with Gasteiger partial charge in [-0.1, -0.05) is 0 Å². The van der Waals surface area contributed by atoms with Crippen LogP contribution in [0.25, 0.3) is 0 Å². The molecule has 2 unspecified atom stereocenters. The predicted molar refractivity (Wildman–Crippen MR) is 51.3 cm³/mol. The zero-order chi connectivity index (χ0) is 9.90. The van der Waals surface area contributed by atoms with Crippen LogP contribution in [0.15, 0.2) is 0 Å². The first kappa shape index (κ1) is 10.9. The minimum Gasteiger partial charge on any atom is -0.376 e. The topological polar surface area (TPSA) is 69.4 Å². The first-order chi connectivity index (χ1) is 5.99. The van der Waals surface area contributed by atoms with E-state index in [1.165, 1.54) is 0 Å². The maximum Gasteiger partial charge on any atom is 0.152 e. The molecule has 0 saturated carbocycles. The third-order valence-corrected chi connectivity index (χ3v) is 3.81. The summed E-state index contributed by atoms with van der Waals surface area (Å²) in [6.45, 7) is 2.29. The number of hydrogen-bond acceptors (Lipinski definition) is 4. The SMILES string of the molecule is CC(N)COC1CCCS(=O)(=O)C1. The molecule has 0 radical (unpaired) electrons. The van der Waals surface area contributed by atoms with E-state index < -0.39 is 9.84 Å². The van der Waals surface area contributed by atoms with E-state index in [4.69, 9.17) is 10.5 Å². The molecule has 0 aromatic carbocycles. The van der Waals surface area contributed by atoms with Crippen LogP contribution < -0.4 is 5.73 Å². The highest BCUT2D eigenvalue weighted by molar-refractivity contribution is 7.91. The summed E-state index contributed by atoms with van der Waals surface area (Å²) in [5.41, 5.74) is 5.50. The molecular formula is C8H17NO3S. The molecule has 1 heterocycles. The fraction of sp³-hybridized carbons (Fsp3) is 1.00. The van der Waals surface area contributed by atoms with E-state index in [2.05, 4.69) is 0 Å². The van der Waals surface area contributed by atoms with E-state index in [1.54, 1.807) is 0 Å². The van der Waals surface area contributed by atoms with E-state index >= 15 is 0 Å². The summed E-state index contributed by atoms with van der Waals surface area (Å²) in [6.07, 6.45) is 1.42. The molecule has 0 spiro atoms. The van der Waals surface area contributed by atoms with Gasteiger partial charge in [-0.2, -0.15) is 0 Å². The van der Waals surface area contributed by atoms with Crippen LogP contribution in [0.5, 0.6) is 0 Å².